The number of thiazole rings is 1. The monoisotopic (exact) mass is 380 g/mol. The summed E-state index contributed by atoms with van der Waals surface area (Å²) in [6.07, 6.45) is 2.60. The number of hydrogen-bond acceptors (Lipinski definition) is 6. The van der Waals surface area contributed by atoms with Crippen LogP contribution < -0.4 is 15.4 Å². The van der Waals surface area contributed by atoms with E-state index >= 15 is 0 Å². The predicted octanol–water partition coefficient (Wildman–Crippen LogP) is 3.49. The summed E-state index contributed by atoms with van der Waals surface area (Å²) in [6.45, 7) is 3.64. The number of rotatable bonds is 3. The van der Waals surface area contributed by atoms with E-state index in [4.69, 9.17) is 4.74 Å². The number of benzene rings is 1. The number of aryl methyl sites for hydroxylation is 1. The Bertz CT molecular complexity index is 1030. The first kappa shape index (κ1) is 17.2. The standard InChI is InChI=1S/C19H16N4O3S/c1-10-17(24)21-14-8-12(5-6-15(14)26-10)16-11(2)27-19(22-16)23-18(25)13-4-3-7-20-9-13/h3-10H,1-2H3,(H,21,24)(H,22,23,25)/t10-/m0/s1. The molecule has 8 heteroatoms. The van der Waals surface area contributed by atoms with E-state index in [1.54, 1.807) is 25.3 Å². The van der Waals surface area contributed by atoms with Crippen LogP contribution >= 0.6 is 11.3 Å². The molecule has 0 aliphatic carbocycles. The minimum atomic E-state index is -0.515. The van der Waals surface area contributed by atoms with E-state index in [-0.39, 0.29) is 11.8 Å². The van der Waals surface area contributed by atoms with E-state index in [1.165, 1.54) is 17.5 Å². The summed E-state index contributed by atoms with van der Waals surface area (Å²) < 4.78 is 5.58. The Hall–Kier alpha value is -3.26. The molecule has 2 N–H and O–H groups in total. The van der Waals surface area contributed by atoms with Gasteiger partial charge in [0, 0.05) is 22.8 Å². The molecular weight excluding hydrogens is 364 g/mol. The number of aromatic nitrogens is 2. The van der Waals surface area contributed by atoms with Crippen molar-refractivity contribution in [3.63, 3.8) is 0 Å². The van der Waals surface area contributed by atoms with Gasteiger partial charge in [-0.1, -0.05) is 0 Å². The van der Waals surface area contributed by atoms with E-state index in [0.717, 1.165) is 16.1 Å². The first-order chi connectivity index (χ1) is 13.0. The number of nitrogens with zero attached hydrogens (tertiary/aromatic N) is 2. The molecule has 0 saturated carbocycles. The van der Waals surface area contributed by atoms with Gasteiger partial charge in [0.25, 0.3) is 11.8 Å². The average molecular weight is 380 g/mol. The molecule has 0 fully saturated rings. The molecule has 0 unspecified atom stereocenters. The van der Waals surface area contributed by atoms with Gasteiger partial charge in [0.2, 0.25) is 0 Å². The van der Waals surface area contributed by atoms with Crippen LogP contribution in [0, 0.1) is 6.92 Å². The fraction of sp³-hybridized carbons (Fsp3) is 0.158. The molecule has 0 bridgehead atoms. The summed E-state index contributed by atoms with van der Waals surface area (Å²) >= 11 is 1.39. The molecule has 7 nitrogen and oxygen atoms in total. The molecule has 1 atom stereocenters. The van der Waals surface area contributed by atoms with Crippen molar-refractivity contribution < 1.29 is 14.3 Å². The van der Waals surface area contributed by atoms with Crippen LogP contribution in [0.5, 0.6) is 5.75 Å². The number of fused-ring (bicyclic) bond motifs is 1. The smallest absolute Gasteiger partial charge is 0.265 e. The van der Waals surface area contributed by atoms with E-state index in [9.17, 15) is 9.59 Å². The number of ether oxygens (including phenoxy) is 1. The zero-order chi connectivity index (χ0) is 19.0. The number of carbonyl (C=O) groups excluding carboxylic acids is 2. The Balaban J connectivity index is 1.60. The Labute approximate surface area is 159 Å². The maximum absolute atomic E-state index is 12.3. The first-order valence-electron chi connectivity index (χ1n) is 8.32. The third-order valence-electron chi connectivity index (χ3n) is 4.12. The number of nitrogens with one attached hydrogen (secondary N) is 2. The predicted molar refractivity (Wildman–Crippen MR) is 103 cm³/mol. The molecule has 2 amide bonds. The molecule has 27 heavy (non-hydrogen) atoms. The molecule has 0 saturated heterocycles. The van der Waals surface area contributed by atoms with Crippen molar-refractivity contribution in [1.82, 2.24) is 9.97 Å². The topological polar surface area (TPSA) is 93.2 Å². The highest BCUT2D eigenvalue weighted by Crippen LogP contribution is 2.37. The highest BCUT2D eigenvalue weighted by atomic mass is 32.1. The molecule has 3 aromatic rings. The summed E-state index contributed by atoms with van der Waals surface area (Å²) in [5, 5.41) is 6.14. The van der Waals surface area contributed by atoms with Crippen molar-refractivity contribution in [2.24, 2.45) is 0 Å². The molecule has 136 valence electrons. The zero-order valence-electron chi connectivity index (χ0n) is 14.6. The normalized spacial score (nSPS) is 15.5. The molecule has 0 spiro atoms. The van der Waals surface area contributed by atoms with Crippen molar-refractivity contribution in [1.29, 1.82) is 0 Å². The Morgan fingerprint density at radius 3 is 2.96 bits per heavy atom. The van der Waals surface area contributed by atoms with Crippen molar-refractivity contribution >= 4 is 34.0 Å². The molecule has 4 rings (SSSR count). The molecule has 3 heterocycles. The lowest BCUT2D eigenvalue weighted by Crippen LogP contribution is -2.34. The zero-order valence-corrected chi connectivity index (χ0v) is 15.5. The van der Waals surface area contributed by atoms with Crippen LogP contribution in [0.15, 0.2) is 42.7 Å². The number of hydrogen-bond donors (Lipinski definition) is 2. The minimum absolute atomic E-state index is 0.181. The lowest BCUT2D eigenvalue weighted by atomic mass is 10.1. The Kier molecular flexibility index (Phi) is 4.33. The van der Waals surface area contributed by atoms with Crippen molar-refractivity contribution in [2.75, 3.05) is 10.6 Å². The van der Waals surface area contributed by atoms with Crippen molar-refractivity contribution in [3.8, 4) is 17.0 Å². The van der Waals surface area contributed by atoms with E-state index in [0.29, 0.717) is 22.1 Å². The summed E-state index contributed by atoms with van der Waals surface area (Å²) in [5.74, 6) is 0.186. The van der Waals surface area contributed by atoms with E-state index < -0.39 is 6.10 Å². The summed E-state index contributed by atoms with van der Waals surface area (Å²) in [6, 6.07) is 8.92. The van der Waals surface area contributed by atoms with Crippen LogP contribution in [0.2, 0.25) is 0 Å². The SMILES string of the molecule is Cc1sc(NC(=O)c2cccnc2)nc1-c1ccc2c(c1)NC(=O)[C@H](C)O2. The lowest BCUT2D eigenvalue weighted by Gasteiger charge is -2.23. The van der Waals surface area contributed by atoms with E-state index in [1.807, 2.05) is 25.1 Å². The van der Waals surface area contributed by atoms with Gasteiger partial charge < -0.3 is 10.1 Å². The van der Waals surface area contributed by atoms with E-state index in [2.05, 4.69) is 20.6 Å². The Morgan fingerprint density at radius 2 is 2.19 bits per heavy atom. The lowest BCUT2D eigenvalue weighted by molar-refractivity contribution is -0.122. The number of pyridine rings is 1. The minimum Gasteiger partial charge on any atom is -0.479 e. The molecule has 1 aliphatic heterocycles. The largest absolute Gasteiger partial charge is 0.479 e. The maximum atomic E-state index is 12.3. The van der Waals surface area contributed by atoms with Gasteiger partial charge in [0.1, 0.15) is 5.75 Å². The second-order valence-electron chi connectivity index (χ2n) is 6.08. The van der Waals surface area contributed by atoms with Crippen LogP contribution in [0.1, 0.15) is 22.2 Å². The summed E-state index contributed by atoms with van der Waals surface area (Å²) in [5.41, 5.74) is 2.67. The molecule has 0 radical (unpaired) electrons. The van der Waals surface area contributed by atoms with Crippen LogP contribution in [-0.4, -0.2) is 27.9 Å². The van der Waals surface area contributed by atoms with Gasteiger partial charge in [-0.05, 0) is 44.2 Å². The molecule has 1 aliphatic rings. The second-order valence-corrected chi connectivity index (χ2v) is 7.28. The third-order valence-corrected chi connectivity index (χ3v) is 5.01. The average Bonchev–Trinajstić information content (AvgIpc) is 3.03. The second kappa shape index (κ2) is 6.81. The highest BCUT2D eigenvalue weighted by Gasteiger charge is 2.24. The van der Waals surface area contributed by atoms with Gasteiger partial charge in [-0.2, -0.15) is 0 Å². The van der Waals surface area contributed by atoms with Crippen LogP contribution in [-0.2, 0) is 4.79 Å². The fourth-order valence-corrected chi connectivity index (χ4v) is 3.57. The van der Waals surface area contributed by atoms with Gasteiger partial charge in [-0.3, -0.25) is 19.9 Å². The first-order valence-corrected chi connectivity index (χ1v) is 9.13. The van der Waals surface area contributed by atoms with Crippen molar-refractivity contribution in [2.45, 2.75) is 20.0 Å². The van der Waals surface area contributed by atoms with Gasteiger partial charge in [0.15, 0.2) is 11.2 Å². The fourth-order valence-electron chi connectivity index (χ4n) is 2.74. The summed E-state index contributed by atoms with van der Waals surface area (Å²) in [4.78, 5) is 33.5. The van der Waals surface area contributed by atoms with Crippen LogP contribution in [0.25, 0.3) is 11.3 Å². The molecular formula is C19H16N4O3S. The van der Waals surface area contributed by atoms with Gasteiger partial charge >= 0.3 is 0 Å². The Morgan fingerprint density at radius 1 is 1.33 bits per heavy atom. The molecule has 2 aromatic heterocycles. The van der Waals surface area contributed by atoms with Gasteiger partial charge in [-0.25, -0.2) is 4.98 Å². The number of carbonyl (C=O) groups is 2. The van der Waals surface area contributed by atoms with Crippen LogP contribution in [0.3, 0.4) is 0 Å². The highest BCUT2D eigenvalue weighted by molar-refractivity contribution is 7.16. The quantitative estimate of drug-likeness (QED) is 0.726. The molecule has 1 aromatic carbocycles. The summed E-state index contributed by atoms with van der Waals surface area (Å²) in [7, 11) is 0. The maximum Gasteiger partial charge on any atom is 0.265 e. The van der Waals surface area contributed by atoms with Crippen molar-refractivity contribution in [3.05, 3.63) is 53.2 Å². The number of anilines is 2. The van der Waals surface area contributed by atoms with Gasteiger partial charge in [-0.15, -0.1) is 11.3 Å². The third kappa shape index (κ3) is 3.39. The number of amides is 2. The van der Waals surface area contributed by atoms with Gasteiger partial charge in [0.05, 0.1) is 16.9 Å². The van der Waals surface area contributed by atoms with Crippen LogP contribution in [0.4, 0.5) is 10.8 Å².